The number of carbonyl (C=O) groups is 1. The first-order valence-corrected chi connectivity index (χ1v) is 10.8. The van der Waals surface area contributed by atoms with Gasteiger partial charge in [-0.2, -0.15) is 10.5 Å². The molecule has 1 heterocycles. The van der Waals surface area contributed by atoms with Crippen LogP contribution >= 0.6 is 27.7 Å². The van der Waals surface area contributed by atoms with Gasteiger partial charge in [-0.3, -0.25) is 4.79 Å². The number of anilines is 1. The molecule has 2 aromatic carbocycles. The highest BCUT2D eigenvalue weighted by Gasteiger charge is 2.32. The Hall–Kier alpha value is -3.20. The van der Waals surface area contributed by atoms with Crippen molar-refractivity contribution >= 4 is 39.3 Å². The Morgan fingerprint density at radius 2 is 1.83 bits per heavy atom. The summed E-state index contributed by atoms with van der Waals surface area (Å²) in [4.78, 5) is 12.4. The summed E-state index contributed by atoms with van der Waals surface area (Å²) in [5.74, 6) is -0.505. The molecular formula is C22H18BrN5OS. The molecule has 1 atom stereocenters. The fourth-order valence-electron chi connectivity index (χ4n) is 3.13. The molecule has 0 saturated heterocycles. The minimum atomic E-state index is -0.570. The highest BCUT2D eigenvalue weighted by molar-refractivity contribution is 9.10. The van der Waals surface area contributed by atoms with E-state index >= 15 is 0 Å². The number of nitrogens with one attached hydrogen (secondary N) is 2. The van der Waals surface area contributed by atoms with Crippen molar-refractivity contribution in [2.75, 3.05) is 11.1 Å². The van der Waals surface area contributed by atoms with E-state index in [1.165, 1.54) is 11.8 Å². The average molecular weight is 480 g/mol. The van der Waals surface area contributed by atoms with Crippen LogP contribution in [0.1, 0.15) is 17.0 Å². The fraction of sp³-hybridized carbons (Fsp3) is 0.136. The van der Waals surface area contributed by atoms with E-state index in [0.29, 0.717) is 21.9 Å². The summed E-state index contributed by atoms with van der Waals surface area (Å²) in [6, 6.07) is 19.2. The van der Waals surface area contributed by atoms with Crippen molar-refractivity contribution in [3.05, 3.63) is 86.1 Å². The van der Waals surface area contributed by atoms with Crippen LogP contribution < -0.4 is 16.4 Å². The second kappa shape index (κ2) is 9.53. The maximum Gasteiger partial charge on any atom is 0.234 e. The van der Waals surface area contributed by atoms with Crippen LogP contribution in [0.5, 0.6) is 0 Å². The topological polar surface area (TPSA) is 115 Å². The first-order chi connectivity index (χ1) is 14.4. The second-order valence-corrected chi connectivity index (χ2v) is 8.45. The number of dihydropyridines is 1. The molecule has 0 aliphatic carbocycles. The van der Waals surface area contributed by atoms with E-state index in [0.717, 1.165) is 15.6 Å². The lowest BCUT2D eigenvalue weighted by atomic mass is 9.82. The number of hydrogen-bond donors (Lipinski definition) is 3. The summed E-state index contributed by atoms with van der Waals surface area (Å²) in [6.45, 7) is 1.93. The minimum absolute atomic E-state index is 0.0826. The smallest absolute Gasteiger partial charge is 0.234 e. The number of halogens is 1. The molecular weight excluding hydrogens is 462 g/mol. The third-order valence-electron chi connectivity index (χ3n) is 4.58. The van der Waals surface area contributed by atoms with Crippen LogP contribution in [0.25, 0.3) is 0 Å². The first-order valence-electron chi connectivity index (χ1n) is 8.99. The number of nitrogens with two attached hydrogens (primary N) is 1. The predicted molar refractivity (Wildman–Crippen MR) is 122 cm³/mol. The Balaban J connectivity index is 1.85. The van der Waals surface area contributed by atoms with E-state index in [-0.39, 0.29) is 17.5 Å². The summed E-state index contributed by atoms with van der Waals surface area (Å²) in [5, 5.41) is 25.8. The first kappa shape index (κ1) is 21.5. The molecule has 30 heavy (non-hydrogen) atoms. The molecule has 0 fully saturated rings. The molecule has 8 heteroatoms. The van der Waals surface area contributed by atoms with Gasteiger partial charge in [0, 0.05) is 10.2 Å². The van der Waals surface area contributed by atoms with Crippen molar-refractivity contribution in [3.63, 3.8) is 0 Å². The zero-order valence-electron chi connectivity index (χ0n) is 16.1. The van der Waals surface area contributed by atoms with Gasteiger partial charge in [0.1, 0.15) is 5.82 Å². The maximum atomic E-state index is 12.4. The van der Waals surface area contributed by atoms with Gasteiger partial charge in [0.25, 0.3) is 0 Å². The van der Waals surface area contributed by atoms with Crippen molar-refractivity contribution in [1.82, 2.24) is 5.32 Å². The highest BCUT2D eigenvalue weighted by Crippen LogP contribution is 2.40. The molecule has 1 aliphatic rings. The van der Waals surface area contributed by atoms with Crippen molar-refractivity contribution in [3.8, 4) is 12.1 Å². The van der Waals surface area contributed by atoms with E-state index < -0.39 is 5.92 Å². The lowest BCUT2D eigenvalue weighted by molar-refractivity contribution is -0.113. The number of amides is 1. The molecule has 6 nitrogen and oxygen atoms in total. The van der Waals surface area contributed by atoms with E-state index in [2.05, 4.69) is 38.7 Å². The molecule has 0 bridgehead atoms. The van der Waals surface area contributed by atoms with E-state index in [4.69, 9.17) is 5.73 Å². The van der Waals surface area contributed by atoms with Gasteiger partial charge in [-0.05, 0) is 42.3 Å². The van der Waals surface area contributed by atoms with Gasteiger partial charge in [0.15, 0.2) is 0 Å². The number of hydrogen-bond acceptors (Lipinski definition) is 6. The highest BCUT2D eigenvalue weighted by atomic mass is 79.9. The largest absolute Gasteiger partial charge is 0.384 e. The van der Waals surface area contributed by atoms with Crippen LogP contribution in [-0.4, -0.2) is 11.7 Å². The summed E-state index contributed by atoms with van der Waals surface area (Å²) in [5.41, 5.74) is 9.24. The SMILES string of the molecule is Cc1ccccc1[C@H]1C(C#N)=C(N)NC(SCC(=O)Nc2ccc(Br)cc2)=C1C#N. The average Bonchev–Trinajstić information content (AvgIpc) is 2.74. The molecule has 4 N–H and O–H groups in total. The second-order valence-electron chi connectivity index (χ2n) is 6.55. The van der Waals surface area contributed by atoms with Gasteiger partial charge in [0.05, 0.1) is 40.0 Å². The van der Waals surface area contributed by atoms with Crippen LogP contribution in [0.4, 0.5) is 5.69 Å². The Labute approximate surface area is 187 Å². The number of rotatable bonds is 5. The van der Waals surface area contributed by atoms with Crippen LogP contribution in [0, 0.1) is 29.6 Å². The normalized spacial score (nSPS) is 15.8. The standard InChI is InChI=1S/C22H18BrN5OS/c1-13-4-2-3-5-16(13)20-17(10-24)21(26)28-22(18(20)11-25)30-12-19(29)27-15-8-6-14(23)7-9-15/h2-9,20,28H,12,26H2,1H3,(H,27,29)/t20-/m0/s1. The third-order valence-corrected chi connectivity index (χ3v) is 6.12. The Kier molecular flexibility index (Phi) is 6.83. The number of aryl methyl sites for hydroxylation is 1. The molecule has 2 aromatic rings. The van der Waals surface area contributed by atoms with Crippen molar-refractivity contribution < 1.29 is 4.79 Å². The molecule has 0 spiro atoms. The number of nitriles is 2. The van der Waals surface area contributed by atoms with E-state index in [1.807, 2.05) is 43.3 Å². The quantitative estimate of drug-likeness (QED) is 0.590. The molecule has 1 aliphatic heterocycles. The van der Waals surface area contributed by atoms with Gasteiger partial charge >= 0.3 is 0 Å². The molecule has 3 rings (SSSR count). The van der Waals surface area contributed by atoms with Crippen LogP contribution in [0.15, 0.2) is 75.0 Å². The van der Waals surface area contributed by atoms with Gasteiger partial charge in [-0.25, -0.2) is 0 Å². The zero-order chi connectivity index (χ0) is 21.7. The summed E-state index contributed by atoms with van der Waals surface area (Å²) in [6.07, 6.45) is 0. The predicted octanol–water partition coefficient (Wildman–Crippen LogP) is 4.25. The van der Waals surface area contributed by atoms with Gasteiger partial charge in [-0.1, -0.05) is 52.0 Å². The molecule has 0 radical (unpaired) electrons. The van der Waals surface area contributed by atoms with E-state index in [9.17, 15) is 15.3 Å². The molecule has 0 saturated carbocycles. The van der Waals surface area contributed by atoms with Crippen LogP contribution in [0.2, 0.25) is 0 Å². The van der Waals surface area contributed by atoms with Gasteiger partial charge in [0.2, 0.25) is 5.91 Å². The number of allylic oxidation sites excluding steroid dienone is 2. The Morgan fingerprint density at radius 3 is 2.47 bits per heavy atom. The number of nitrogens with zero attached hydrogens (tertiary/aromatic N) is 2. The molecule has 150 valence electrons. The van der Waals surface area contributed by atoms with Crippen molar-refractivity contribution in [2.24, 2.45) is 5.73 Å². The fourth-order valence-corrected chi connectivity index (χ4v) is 4.24. The third kappa shape index (κ3) is 4.68. The summed E-state index contributed by atoms with van der Waals surface area (Å²) >= 11 is 4.54. The number of carbonyl (C=O) groups excluding carboxylic acids is 1. The minimum Gasteiger partial charge on any atom is -0.384 e. The van der Waals surface area contributed by atoms with Crippen LogP contribution in [0.3, 0.4) is 0 Å². The lowest BCUT2D eigenvalue weighted by Gasteiger charge is -2.27. The van der Waals surface area contributed by atoms with Crippen LogP contribution in [-0.2, 0) is 4.79 Å². The molecule has 1 amide bonds. The molecule has 0 aromatic heterocycles. The van der Waals surface area contributed by atoms with Crippen molar-refractivity contribution in [2.45, 2.75) is 12.8 Å². The van der Waals surface area contributed by atoms with Gasteiger partial charge < -0.3 is 16.4 Å². The van der Waals surface area contributed by atoms with E-state index in [1.54, 1.807) is 12.1 Å². The summed E-state index contributed by atoms with van der Waals surface area (Å²) < 4.78 is 0.919. The van der Waals surface area contributed by atoms with Crippen molar-refractivity contribution in [1.29, 1.82) is 10.5 Å². The summed E-state index contributed by atoms with van der Waals surface area (Å²) in [7, 11) is 0. The lowest BCUT2D eigenvalue weighted by Crippen LogP contribution is -2.30. The molecule has 0 unspecified atom stereocenters. The zero-order valence-corrected chi connectivity index (χ0v) is 18.5. The monoisotopic (exact) mass is 479 g/mol. The Bertz CT molecular complexity index is 1130. The number of benzene rings is 2. The van der Waals surface area contributed by atoms with Gasteiger partial charge in [-0.15, -0.1) is 0 Å². The Morgan fingerprint density at radius 1 is 1.17 bits per heavy atom. The number of thioether (sulfide) groups is 1. The maximum absolute atomic E-state index is 12.4.